The van der Waals surface area contributed by atoms with Crippen LogP contribution in [0, 0.1) is 5.92 Å². The van der Waals surface area contributed by atoms with Crippen molar-refractivity contribution in [3.63, 3.8) is 0 Å². The molecule has 1 amide bonds. The summed E-state index contributed by atoms with van der Waals surface area (Å²) < 4.78 is 5.18. The van der Waals surface area contributed by atoms with Gasteiger partial charge in [0.2, 0.25) is 0 Å². The van der Waals surface area contributed by atoms with Crippen LogP contribution in [0.4, 0.5) is 5.13 Å². The van der Waals surface area contributed by atoms with Crippen LogP contribution in [0.1, 0.15) is 35.9 Å². The molecule has 0 radical (unpaired) electrons. The molecule has 1 atom stereocenters. The molecule has 4 rings (SSSR count). The van der Waals surface area contributed by atoms with Gasteiger partial charge in [0.15, 0.2) is 5.13 Å². The van der Waals surface area contributed by atoms with Gasteiger partial charge in [-0.2, -0.15) is 0 Å². The molecule has 3 heterocycles. The van der Waals surface area contributed by atoms with E-state index < -0.39 is 0 Å². The van der Waals surface area contributed by atoms with Crippen molar-refractivity contribution < 1.29 is 9.53 Å². The Kier molecular flexibility index (Phi) is 6.22. The first-order valence-corrected chi connectivity index (χ1v) is 11.4. The lowest BCUT2D eigenvalue weighted by Gasteiger charge is -2.30. The van der Waals surface area contributed by atoms with E-state index in [4.69, 9.17) is 4.74 Å². The quantitative estimate of drug-likeness (QED) is 0.613. The zero-order valence-electron chi connectivity index (χ0n) is 16.6. The van der Waals surface area contributed by atoms with Crippen LogP contribution >= 0.6 is 22.7 Å². The van der Waals surface area contributed by atoms with E-state index in [2.05, 4.69) is 27.1 Å². The Hall–Kier alpha value is -2.29. The molecule has 1 N–H and O–H groups in total. The number of hydrogen-bond donors (Lipinski definition) is 1. The maximum atomic E-state index is 12.6. The van der Waals surface area contributed by atoms with E-state index in [1.807, 2.05) is 29.6 Å². The molecule has 152 valence electrons. The van der Waals surface area contributed by atoms with Crippen LogP contribution in [0.3, 0.4) is 0 Å². The zero-order chi connectivity index (χ0) is 20.2. The first kappa shape index (κ1) is 20.0. The lowest BCUT2D eigenvalue weighted by Crippen LogP contribution is -2.33. The Labute approximate surface area is 178 Å². The Bertz CT molecular complexity index is 967. The molecule has 1 saturated heterocycles. The Morgan fingerprint density at radius 3 is 2.83 bits per heavy atom. The molecule has 3 aromatic rings. The average molecular weight is 429 g/mol. The van der Waals surface area contributed by atoms with Gasteiger partial charge in [-0.15, -0.1) is 22.7 Å². The summed E-state index contributed by atoms with van der Waals surface area (Å²) in [4.78, 5) is 24.1. The summed E-state index contributed by atoms with van der Waals surface area (Å²) in [5, 5.41) is 8.11. The summed E-state index contributed by atoms with van der Waals surface area (Å²) >= 11 is 2.91. The second-order valence-corrected chi connectivity index (χ2v) is 9.06. The van der Waals surface area contributed by atoms with Crippen molar-refractivity contribution in [2.45, 2.75) is 26.3 Å². The van der Waals surface area contributed by atoms with Crippen LogP contribution in [0.15, 0.2) is 35.0 Å². The van der Waals surface area contributed by atoms with Gasteiger partial charge < -0.3 is 4.74 Å². The number of carbonyl (C=O) groups excluding carboxylic acids is 1. The molecule has 1 aromatic carbocycles. The van der Waals surface area contributed by atoms with E-state index >= 15 is 0 Å². The van der Waals surface area contributed by atoms with Gasteiger partial charge in [-0.3, -0.25) is 15.0 Å². The van der Waals surface area contributed by atoms with Gasteiger partial charge in [0.05, 0.1) is 12.8 Å². The fourth-order valence-corrected chi connectivity index (χ4v) is 5.00. The Balaban J connectivity index is 1.37. The van der Waals surface area contributed by atoms with Crippen molar-refractivity contribution in [1.82, 2.24) is 14.9 Å². The van der Waals surface area contributed by atoms with E-state index in [-0.39, 0.29) is 5.91 Å². The lowest BCUT2D eigenvalue weighted by molar-refractivity contribution is 0.102. The normalized spacial score (nSPS) is 17.2. The first-order valence-electron chi connectivity index (χ1n) is 9.69. The highest BCUT2D eigenvalue weighted by atomic mass is 32.1. The third-order valence-electron chi connectivity index (χ3n) is 4.97. The summed E-state index contributed by atoms with van der Waals surface area (Å²) in [6.45, 7) is 5.38. The maximum Gasteiger partial charge on any atom is 0.276 e. The van der Waals surface area contributed by atoms with Crippen LogP contribution in [-0.2, 0) is 6.54 Å². The molecule has 0 bridgehead atoms. The lowest BCUT2D eigenvalue weighted by atomic mass is 10.0. The highest BCUT2D eigenvalue weighted by Gasteiger charge is 2.18. The van der Waals surface area contributed by atoms with E-state index in [0.29, 0.717) is 10.8 Å². The van der Waals surface area contributed by atoms with Gasteiger partial charge in [0.25, 0.3) is 5.91 Å². The van der Waals surface area contributed by atoms with Crippen molar-refractivity contribution >= 4 is 33.7 Å². The van der Waals surface area contributed by atoms with Crippen molar-refractivity contribution in [2.24, 2.45) is 5.92 Å². The summed E-state index contributed by atoms with van der Waals surface area (Å²) in [5.41, 5.74) is 2.38. The first-order chi connectivity index (χ1) is 14.1. The van der Waals surface area contributed by atoms with E-state index in [1.54, 1.807) is 12.5 Å². The number of hydrogen-bond acceptors (Lipinski definition) is 7. The molecule has 8 heteroatoms. The van der Waals surface area contributed by atoms with Gasteiger partial charge in [-0.1, -0.05) is 6.92 Å². The van der Waals surface area contributed by atoms with Gasteiger partial charge >= 0.3 is 0 Å². The van der Waals surface area contributed by atoms with Crippen LogP contribution in [0.2, 0.25) is 0 Å². The van der Waals surface area contributed by atoms with Gasteiger partial charge in [-0.05, 0) is 49.6 Å². The molecule has 2 aromatic heterocycles. The number of rotatable bonds is 6. The molecule has 6 nitrogen and oxygen atoms in total. The topological polar surface area (TPSA) is 67.3 Å². The standard InChI is InChI=1S/C21H24N4O2S2/c1-14-4-3-9-25(10-14)11-16-12-29-21(22-16)24-19(26)18-13-28-20(23-18)15-5-7-17(27-2)8-6-15/h5-8,12-14H,3-4,9-11H2,1-2H3,(H,22,24,26). The smallest absolute Gasteiger partial charge is 0.276 e. The molecule has 29 heavy (non-hydrogen) atoms. The molecule has 1 fully saturated rings. The van der Waals surface area contributed by atoms with Crippen LogP contribution in [0.5, 0.6) is 5.75 Å². The molecule has 1 aliphatic heterocycles. The number of carbonyl (C=O) groups is 1. The number of nitrogens with one attached hydrogen (secondary N) is 1. The van der Waals surface area contributed by atoms with Crippen LogP contribution < -0.4 is 10.1 Å². The molecule has 0 aliphatic carbocycles. The highest BCUT2D eigenvalue weighted by Crippen LogP contribution is 2.26. The maximum absolute atomic E-state index is 12.6. The van der Waals surface area contributed by atoms with Crippen molar-refractivity contribution in [3.8, 4) is 16.3 Å². The second-order valence-electron chi connectivity index (χ2n) is 7.35. The number of aromatic nitrogens is 2. The summed E-state index contributed by atoms with van der Waals surface area (Å²) in [7, 11) is 1.64. The van der Waals surface area contributed by atoms with Crippen LogP contribution in [-0.4, -0.2) is 41.0 Å². The minimum absolute atomic E-state index is 0.228. The van der Waals surface area contributed by atoms with Crippen molar-refractivity contribution in [2.75, 3.05) is 25.5 Å². The molecular formula is C21H24N4O2S2. The van der Waals surface area contributed by atoms with Gasteiger partial charge in [-0.25, -0.2) is 9.97 Å². The number of methoxy groups -OCH3 is 1. The van der Waals surface area contributed by atoms with E-state index in [9.17, 15) is 4.79 Å². The molecule has 1 aliphatic rings. The molecule has 1 unspecified atom stereocenters. The summed E-state index contributed by atoms with van der Waals surface area (Å²) in [5.74, 6) is 1.31. The number of benzene rings is 1. The molecular weight excluding hydrogens is 404 g/mol. The monoisotopic (exact) mass is 428 g/mol. The van der Waals surface area contributed by atoms with Crippen LogP contribution in [0.25, 0.3) is 10.6 Å². The predicted octanol–water partition coefficient (Wildman–Crippen LogP) is 4.76. The molecule has 0 spiro atoms. The Morgan fingerprint density at radius 2 is 2.07 bits per heavy atom. The third kappa shape index (κ3) is 5.01. The zero-order valence-corrected chi connectivity index (χ0v) is 18.2. The van der Waals surface area contributed by atoms with Gasteiger partial charge in [0, 0.05) is 29.4 Å². The fraction of sp³-hybridized carbons (Fsp3) is 0.381. The SMILES string of the molecule is COc1ccc(-c2nc(C(=O)Nc3nc(CN4CCCC(C)C4)cs3)cs2)cc1. The number of piperidine rings is 1. The van der Waals surface area contributed by atoms with Crippen molar-refractivity contribution in [1.29, 1.82) is 0 Å². The highest BCUT2D eigenvalue weighted by molar-refractivity contribution is 7.14. The average Bonchev–Trinajstić information content (AvgIpc) is 3.38. The van der Waals surface area contributed by atoms with E-state index in [1.165, 1.54) is 35.5 Å². The minimum atomic E-state index is -0.228. The number of ether oxygens (including phenoxy) is 1. The Morgan fingerprint density at radius 1 is 1.24 bits per heavy atom. The summed E-state index contributed by atoms with van der Waals surface area (Å²) in [6.07, 6.45) is 2.55. The second kappa shape index (κ2) is 9.02. The molecule has 0 saturated carbocycles. The van der Waals surface area contributed by atoms with E-state index in [0.717, 1.165) is 47.6 Å². The third-order valence-corrected chi connectivity index (χ3v) is 6.67. The number of amides is 1. The fourth-order valence-electron chi connectivity index (χ4n) is 3.50. The summed E-state index contributed by atoms with van der Waals surface area (Å²) in [6, 6.07) is 7.65. The van der Waals surface area contributed by atoms with Gasteiger partial charge in [0.1, 0.15) is 16.5 Å². The van der Waals surface area contributed by atoms with Crippen molar-refractivity contribution in [3.05, 3.63) is 46.4 Å². The largest absolute Gasteiger partial charge is 0.497 e. The minimum Gasteiger partial charge on any atom is -0.497 e. The number of anilines is 1. The number of nitrogens with zero attached hydrogens (tertiary/aromatic N) is 3. The predicted molar refractivity (Wildman–Crippen MR) is 118 cm³/mol. The number of thiazole rings is 2. The number of likely N-dealkylation sites (tertiary alicyclic amines) is 1.